The second-order valence-corrected chi connectivity index (χ2v) is 8.25. The van der Waals surface area contributed by atoms with Crippen LogP contribution in [-0.4, -0.2) is 23.9 Å². The molecule has 31 heavy (non-hydrogen) atoms. The number of hydrogen-bond donors (Lipinski definition) is 2. The van der Waals surface area contributed by atoms with Crippen molar-refractivity contribution in [3.63, 3.8) is 0 Å². The first-order valence-electron chi connectivity index (χ1n) is 9.43. The molecule has 0 spiro atoms. The van der Waals surface area contributed by atoms with Crippen molar-refractivity contribution in [2.45, 2.75) is 6.42 Å². The Labute approximate surface area is 187 Å². The predicted molar refractivity (Wildman–Crippen MR) is 125 cm³/mol. The van der Waals surface area contributed by atoms with Crippen molar-refractivity contribution in [2.24, 2.45) is 0 Å². The highest BCUT2D eigenvalue weighted by Crippen LogP contribution is 2.26. The first-order valence-corrected chi connectivity index (χ1v) is 11.3. The van der Waals surface area contributed by atoms with E-state index in [4.69, 9.17) is 4.74 Å². The fourth-order valence-corrected chi connectivity index (χ4v) is 4.46. The van der Waals surface area contributed by atoms with Crippen LogP contribution >= 0.6 is 22.7 Å². The van der Waals surface area contributed by atoms with E-state index in [1.165, 1.54) is 11.3 Å². The quantitative estimate of drug-likeness (QED) is 0.400. The molecule has 0 atom stereocenters. The molecular formula is C23H19N3O3S2. The van der Waals surface area contributed by atoms with Crippen molar-refractivity contribution in [1.82, 2.24) is 4.98 Å². The SMILES string of the molecule is COc1ccccc1NC(=O)c1ccc(NC(=O)Cc2csc(-c3ccsc3)n2)cc1. The van der Waals surface area contributed by atoms with Crippen LogP contribution in [0, 0.1) is 0 Å². The topological polar surface area (TPSA) is 80.3 Å². The molecule has 0 aliphatic rings. The molecule has 8 heteroatoms. The van der Waals surface area contributed by atoms with E-state index in [1.54, 1.807) is 54.8 Å². The summed E-state index contributed by atoms with van der Waals surface area (Å²) >= 11 is 3.14. The monoisotopic (exact) mass is 449 g/mol. The zero-order valence-electron chi connectivity index (χ0n) is 16.6. The number of para-hydroxylation sites is 2. The number of methoxy groups -OCH3 is 1. The summed E-state index contributed by atoms with van der Waals surface area (Å²) in [5.41, 5.74) is 3.49. The van der Waals surface area contributed by atoms with Crippen molar-refractivity contribution < 1.29 is 14.3 Å². The molecule has 156 valence electrons. The molecule has 2 N–H and O–H groups in total. The molecule has 2 aromatic heterocycles. The van der Waals surface area contributed by atoms with Gasteiger partial charge < -0.3 is 15.4 Å². The predicted octanol–water partition coefficient (Wildman–Crippen LogP) is 5.31. The Kier molecular flexibility index (Phi) is 6.40. The molecule has 6 nitrogen and oxygen atoms in total. The lowest BCUT2D eigenvalue weighted by atomic mass is 10.1. The van der Waals surface area contributed by atoms with Gasteiger partial charge in [-0.15, -0.1) is 11.3 Å². The van der Waals surface area contributed by atoms with Gasteiger partial charge in [0.15, 0.2) is 0 Å². The van der Waals surface area contributed by atoms with Crippen LogP contribution in [0.1, 0.15) is 16.1 Å². The summed E-state index contributed by atoms with van der Waals surface area (Å²) in [6.07, 6.45) is 0.191. The number of nitrogens with one attached hydrogen (secondary N) is 2. The maximum atomic E-state index is 12.5. The van der Waals surface area contributed by atoms with Gasteiger partial charge in [0.2, 0.25) is 5.91 Å². The lowest BCUT2D eigenvalue weighted by Gasteiger charge is -2.10. The number of ether oxygens (including phenoxy) is 1. The summed E-state index contributed by atoms with van der Waals surface area (Å²) in [4.78, 5) is 29.4. The van der Waals surface area contributed by atoms with Gasteiger partial charge in [0, 0.05) is 27.6 Å². The third-order valence-corrected chi connectivity index (χ3v) is 6.07. The lowest BCUT2D eigenvalue weighted by Crippen LogP contribution is -2.15. The molecular weight excluding hydrogens is 430 g/mol. The third kappa shape index (κ3) is 5.17. The number of anilines is 2. The van der Waals surface area contributed by atoms with Crippen LogP contribution < -0.4 is 15.4 Å². The highest BCUT2D eigenvalue weighted by atomic mass is 32.1. The number of benzene rings is 2. The van der Waals surface area contributed by atoms with Crippen LogP contribution in [0.2, 0.25) is 0 Å². The third-order valence-electron chi connectivity index (χ3n) is 4.45. The van der Waals surface area contributed by atoms with Gasteiger partial charge in [-0.2, -0.15) is 11.3 Å². The Morgan fingerprint density at radius 3 is 2.55 bits per heavy atom. The number of nitrogens with zero attached hydrogens (tertiary/aromatic N) is 1. The van der Waals surface area contributed by atoms with Gasteiger partial charge in [0.25, 0.3) is 5.91 Å². The molecule has 0 saturated carbocycles. The van der Waals surface area contributed by atoms with Crippen molar-refractivity contribution in [2.75, 3.05) is 17.7 Å². The minimum Gasteiger partial charge on any atom is -0.495 e. The molecule has 4 rings (SSSR count). The van der Waals surface area contributed by atoms with Crippen LogP contribution in [0.5, 0.6) is 5.75 Å². The first-order chi connectivity index (χ1) is 15.1. The van der Waals surface area contributed by atoms with Crippen molar-refractivity contribution >= 4 is 45.9 Å². The summed E-state index contributed by atoms with van der Waals surface area (Å²) in [5, 5.41) is 12.5. The van der Waals surface area contributed by atoms with Crippen LogP contribution in [0.15, 0.2) is 70.7 Å². The summed E-state index contributed by atoms with van der Waals surface area (Å²) in [5.74, 6) is 0.170. The number of aromatic nitrogens is 1. The number of amides is 2. The summed E-state index contributed by atoms with van der Waals surface area (Å²) < 4.78 is 5.25. The standard InChI is InChI=1S/C23H19N3O3S2/c1-29-20-5-3-2-4-19(20)26-22(28)15-6-8-17(9-7-15)24-21(27)12-18-14-31-23(25-18)16-10-11-30-13-16/h2-11,13-14H,12H2,1H3,(H,24,27)(H,26,28). The maximum absolute atomic E-state index is 12.5. The molecule has 0 saturated heterocycles. The Morgan fingerprint density at radius 1 is 1.00 bits per heavy atom. The van der Waals surface area contributed by atoms with E-state index >= 15 is 0 Å². The molecule has 0 aliphatic heterocycles. The van der Waals surface area contributed by atoms with Gasteiger partial charge in [-0.3, -0.25) is 9.59 Å². The second-order valence-electron chi connectivity index (χ2n) is 6.61. The van der Waals surface area contributed by atoms with Gasteiger partial charge in [-0.05, 0) is 47.8 Å². The first kappa shape index (κ1) is 20.8. The van der Waals surface area contributed by atoms with Gasteiger partial charge in [-0.1, -0.05) is 12.1 Å². The average molecular weight is 450 g/mol. The molecule has 0 fully saturated rings. The second kappa shape index (κ2) is 9.55. The highest BCUT2D eigenvalue weighted by molar-refractivity contribution is 7.14. The molecule has 2 amide bonds. The van der Waals surface area contributed by atoms with Crippen LogP contribution in [0.4, 0.5) is 11.4 Å². The molecule has 0 aliphatic carbocycles. The number of carbonyl (C=O) groups is 2. The number of rotatable bonds is 7. The Balaban J connectivity index is 1.35. The highest BCUT2D eigenvalue weighted by Gasteiger charge is 2.12. The summed E-state index contributed by atoms with van der Waals surface area (Å²) in [6.45, 7) is 0. The molecule has 2 aromatic carbocycles. The van der Waals surface area contributed by atoms with E-state index < -0.39 is 0 Å². The number of thiazole rings is 1. The van der Waals surface area contributed by atoms with E-state index in [0.29, 0.717) is 22.7 Å². The zero-order chi connectivity index (χ0) is 21.6. The van der Waals surface area contributed by atoms with Crippen LogP contribution in [-0.2, 0) is 11.2 Å². The fraction of sp³-hybridized carbons (Fsp3) is 0.0870. The fourth-order valence-electron chi connectivity index (χ4n) is 2.92. The summed E-state index contributed by atoms with van der Waals surface area (Å²) in [6, 6.07) is 15.9. The molecule has 2 heterocycles. The Bertz CT molecular complexity index is 1190. The van der Waals surface area contributed by atoms with Crippen molar-refractivity contribution in [3.05, 3.63) is 82.0 Å². The van der Waals surface area contributed by atoms with E-state index in [0.717, 1.165) is 16.3 Å². The molecule has 4 aromatic rings. The molecule has 0 radical (unpaired) electrons. The number of thiophene rings is 1. The molecule has 0 unspecified atom stereocenters. The van der Waals surface area contributed by atoms with E-state index in [1.807, 2.05) is 34.3 Å². The van der Waals surface area contributed by atoms with Gasteiger partial charge in [0.1, 0.15) is 10.8 Å². The largest absolute Gasteiger partial charge is 0.495 e. The maximum Gasteiger partial charge on any atom is 0.255 e. The van der Waals surface area contributed by atoms with E-state index in [-0.39, 0.29) is 18.2 Å². The van der Waals surface area contributed by atoms with Gasteiger partial charge in [0.05, 0.1) is 24.9 Å². The number of carbonyl (C=O) groups excluding carboxylic acids is 2. The van der Waals surface area contributed by atoms with Gasteiger partial charge >= 0.3 is 0 Å². The Morgan fingerprint density at radius 2 is 1.81 bits per heavy atom. The minimum atomic E-state index is -0.259. The van der Waals surface area contributed by atoms with Crippen LogP contribution in [0.3, 0.4) is 0 Å². The van der Waals surface area contributed by atoms with Crippen molar-refractivity contribution in [1.29, 1.82) is 0 Å². The van der Waals surface area contributed by atoms with Crippen molar-refractivity contribution in [3.8, 4) is 16.3 Å². The normalized spacial score (nSPS) is 10.5. The van der Waals surface area contributed by atoms with E-state index in [2.05, 4.69) is 15.6 Å². The Hall–Kier alpha value is -3.49. The van der Waals surface area contributed by atoms with Gasteiger partial charge in [-0.25, -0.2) is 4.98 Å². The smallest absolute Gasteiger partial charge is 0.255 e. The lowest BCUT2D eigenvalue weighted by molar-refractivity contribution is -0.115. The van der Waals surface area contributed by atoms with Crippen LogP contribution in [0.25, 0.3) is 10.6 Å². The minimum absolute atomic E-state index is 0.159. The molecule has 0 bridgehead atoms. The summed E-state index contributed by atoms with van der Waals surface area (Å²) in [7, 11) is 1.55. The average Bonchev–Trinajstić information content (AvgIpc) is 3.46. The van der Waals surface area contributed by atoms with E-state index in [9.17, 15) is 9.59 Å². The zero-order valence-corrected chi connectivity index (χ0v) is 18.3. The number of hydrogen-bond acceptors (Lipinski definition) is 6.